The van der Waals surface area contributed by atoms with Crippen molar-refractivity contribution in [1.82, 2.24) is 0 Å². The van der Waals surface area contributed by atoms with Gasteiger partial charge in [-0.15, -0.1) is 0 Å². The van der Waals surface area contributed by atoms with E-state index in [0.717, 1.165) is 11.3 Å². The summed E-state index contributed by atoms with van der Waals surface area (Å²) in [5.41, 5.74) is 1.87. The van der Waals surface area contributed by atoms with Gasteiger partial charge in [0.05, 0.1) is 5.71 Å². The van der Waals surface area contributed by atoms with Crippen molar-refractivity contribution in [3.05, 3.63) is 29.8 Å². The summed E-state index contributed by atoms with van der Waals surface area (Å²) in [4.78, 5) is 11.9. The van der Waals surface area contributed by atoms with Crippen LogP contribution in [0.1, 0.15) is 19.4 Å². The van der Waals surface area contributed by atoms with E-state index in [1.54, 1.807) is 24.8 Å². The zero-order valence-electron chi connectivity index (χ0n) is 10.8. The van der Waals surface area contributed by atoms with E-state index in [1.807, 2.05) is 31.4 Å². The van der Waals surface area contributed by atoms with Crippen LogP contribution >= 0.6 is 11.8 Å². The summed E-state index contributed by atoms with van der Waals surface area (Å²) in [5.74, 6) is 0.697. The van der Waals surface area contributed by atoms with Crippen LogP contribution in [0.25, 0.3) is 0 Å². The second kappa shape index (κ2) is 7.06. The average molecular weight is 266 g/mol. The first-order chi connectivity index (χ1) is 8.60. The van der Waals surface area contributed by atoms with Gasteiger partial charge in [0.1, 0.15) is 0 Å². The molecule has 1 aromatic rings. The number of nitrogens with zero attached hydrogens (tertiary/aromatic N) is 1. The van der Waals surface area contributed by atoms with Crippen molar-refractivity contribution in [2.75, 3.05) is 17.3 Å². The smallest absolute Gasteiger partial charge is 0.228 e. The summed E-state index contributed by atoms with van der Waals surface area (Å²) in [5, 5.41) is 14.8. The molecular formula is C13H18N2O2S. The van der Waals surface area contributed by atoms with Crippen LogP contribution in [0.3, 0.4) is 0 Å². The van der Waals surface area contributed by atoms with Gasteiger partial charge in [0.2, 0.25) is 5.91 Å². The molecule has 0 aliphatic rings. The van der Waals surface area contributed by atoms with E-state index in [2.05, 4.69) is 10.5 Å². The minimum absolute atomic E-state index is 0.0254. The molecule has 1 unspecified atom stereocenters. The molecule has 98 valence electrons. The number of carbonyl (C=O) groups is 1. The van der Waals surface area contributed by atoms with Crippen molar-refractivity contribution >= 4 is 29.1 Å². The van der Waals surface area contributed by atoms with Gasteiger partial charge in [-0.1, -0.05) is 30.3 Å². The van der Waals surface area contributed by atoms with E-state index in [-0.39, 0.29) is 11.8 Å². The number of thioether (sulfide) groups is 1. The fourth-order valence-corrected chi connectivity index (χ4v) is 2.19. The number of para-hydroxylation sites is 1. The summed E-state index contributed by atoms with van der Waals surface area (Å²) < 4.78 is 0. The lowest BCUT2D eigenvalue weighted by Gasteiger charge is -2.13. The molecule has 0 radical (unpaired) electrons. The number of oxime groups is 1. The summed E-state index contributed by atoms with van der Waals surface area (Å²) in [6.07, 6.45) is 1.97. The number of hydrogen-bond acceptors (Lipinski definition) is 4. The standard InChI is InChI=1S/C13H18N2O2S/c1-9(8-18-3)13(16)14-12-7-5-4-6-11(12)10(2)15-17/h4-7,9,17H,8H2,1-3H3,(H,14,16)/b15-10+. The molecule has 5 heteroatoms. The van der Waals surface area contributed by atoms with Crippen LogP contribution in [0.15, 0.2) is 29.4 Å². The third kappa shape index (κ3) is 3.77. The van der Waals surface area contributed by atoms with E-state index in [0.29, 0.717) is 11.4 Å². The van der Waals surface area contributed by atoms with Gasteiger partial charge in [0, 0.05) is 22.9 Å². The van der Waals surface area contributed by atoms with Gasteiger partial charge in [-0.05, 0) is 19.2 Å². The van der Waals surface area contributed by atoms with E-state index in [1.165, 1.54) is 0 Å². The first-order valence-corrected chi connectivity index (χ1v) is 7.07. The molecule has 0 aliphatic carbocycles. The molecule has 2 N–H and O–H groups in total. The van der Waals surface area contributed by atoms with Gasteiger partial charge in [-0.3, -0.25) is 4.79 Å². The van der Waals surface area contributed by atoms with Crippen LogP contribution in [0.5, 0.6) is 0 Å². The van der Waals surface area contributed by atoms with Crippen LogP contribution in [0.2, 0.25) is 0 Å². The summed E-state index contributed by atoms with van der Waals surface area (Å²) in [7, 11) is 0. The molecule has 0 saturated heterocycles. The molecule has 0 fully saturated rings. The molecule has 4 nitrogen and oxygen atoms in total. The van der Waals surface area contributed by atoms with Crippen molar-refractivity contribution in [3.8, 4) is 0 Å². The number of hydrogen-bond donors (Lipinski definition) is 2. The maximum atomic E-state index is 11.9. The lowest BCUT2D eigenvalue weighted by Crippen LogP contribution is -2.23. The molecule has 0 spiro atoms. The first-order valence-electron chi connectivity index (χ1n) is 5.68. The van der Waals surface area contributed by atoms with Gasteiger partial charge in [0.25, 0.3) is 0 Å². The summed E-state index contributed by atoms with van der Waals surface area (Å²) >= 11 is 1.64. The molecule has 1 amide bonds. The average Bonchev–Trinajstić information content (AvgIpc) is 2.38. The fraction of sp³-hybridized carbons (Fsp3) is 0.385. The van der Waals surface area contributed by atoms with E-state index < -0.39 is 0 Å². The van der Waals surface area contributed by atoms with E-state index >= 15 is 0 Å². The first kappa shape index (κ1) is 14.6. The van der Waals surface area contributed by atoms with Crippen molar-refractivity contribution in [3.63, 3.8) is 0 Å². The molecule has 1 aromatic carbocycles. The zero-order valence-corrected chi connectivity index (χ0v) is 11.6. The van der Waals surface area contributed by atoms with Crippen LogP contribution in [-0.2, 0) is 4.79 Å². The van der Waals surface area contributed by atoms with Crippen molar-refractivity contribution in [2.45, 2.75) is 13.8 Å². The highest BCUT2D eigenvalue weighted by atomic mass is 32.2. The van der Waals surface area contributed by atoms with Crippen LogP contribution in [0.4, 0.5) is 5.69 Å². The molecule has 1 rings (SSSR count). The minimum Gasteiger partial charge on any atom is -0.411 e. The monoisotopic (exact) mass is 266 g/mol. The van der Waals surface area contributed by atoms with Crippen LogP contribution in [0, 0.1) is 5.92 Å². The van der Waals surface area contributed by atoms with Gasteiger partial charge in [-0.2, -0.15) is 11.8 Å². The predicted molar refractivity (Wildman–Crippen MR) is 76.6 cm³/mol. The third-order valence-electron chi connectivity index (χ3n) is 2.59. The Morgan fingerprint density at radius 3 is 2.78 bits per heavy atom. The van der Waals surface area contributed by atoms with Crippen molar-refractivity contribution in [1.29, 1.82) is 0 Å². The molecular weight excluding hydrogens is 248 g/mol. The van der Waals surface area contributed by atoms with Gasteiger partial charge < -0.3 is 10.5 Å². The fourth-order valence-electron chi connectivity index (χ4n) is 1.54. The summed E-state index contributed by atoms with van der Waals surface area (Å²) in [6.45, 7) is 3.58. The zero-order chi connectivity index (χ0) is 13.5. The summed E-state index contributed by atoms with van der Waals surface area (Å²) in [6, 6.07) is 7.28. The van der Waals surface area contributed by atoms with Crippen molar-refractivity contribution in [2.24, 2.45) is 11.1 Å². The molecule has 1 atom stereocenters. The minimum atomic E-state index is -0.0561. The highest BCUT2D eigenvalue weighted by Gasteiger charge is 2.14. The van der Waals surface area contributed by atoms with Crippen LogP contribution < -0.4 is 5.32 Å². The normalized spacial score (nSPS) is 13.2. The maximum Gasteiger partial charge on any atom is 0.228 e. The van der Waals surface area contributed by atoms with Crippen molar-refractivity contribution < 1.29 is 10.0 Å². The Hall–Kier alpha value is -1.49. The molecule has 0 aliphatic heterocycles. The quantitative estimate of drug-likeness (QED) is 0.489. The number of nitrogens with one attached hydrogen (secondary N) is 1. The molecule has 18 heavy (non-hydrogen) atoms. The number of amides is 1. The molecule has 0 aromatic heterocycles. The number of carbonyl (C=O) groups excluding carboxylic acids is 1. The third-order valence-corrected chi connectivity index (χ3v) is 3.42. The van der Waals surface area contributed by atoms with Crippen LogP contribution in [-0.4, -0.2) is 28.8 Å². The van der Waals surface area contributed by atoms with E-state index in [9.17, 15) is 4.79 Å². The molecule has 0 heterocycles. The van der Waals surface area contributed by atoms with E-state index in [4.69, 9.17) is 5.21 Å². The Kier molecular flexibility index (Phi) is 5.71. The lowest BCUT2D eigenvalue weighted by molar-refractivity contribution is -0.118. The maximum absolute atomic E-state index is 11.9. The Morgan fingerprint density at radius 1 is 1.50 bits per heavy atom. The molecule has 0 saturated carbocycles. The van der Waals surface area contributed by atoms with Gasteiger partial charge >= 0.3 is 0 Å². The Bertz CT molecular complexity index is 446. The number of benzene rings is 1. The Morgan fingerprint density at radius 2 is 2.17 bits per heavy atom. The van der Waals surface area contributed by atoms with Gasteiger partial charge in [-0.25, -0.2) is 0 Å². The number of rotatable bonds is 5. The molecule has 0 bridgehead atoms. The topological polar surface area (TPSA) is 61.7 Å². The largest absolute Gasteiger partial charge is 0.411 e. The highest BCUT2D eigenvalue weighted by molar-refractivity contribution is 7.98. The Labute approximate surface area is 111 Å². The second-order valence-corrected chi connectivity index (χ2v) is 4.99. The number of anilines is 1. The SMILES string of the molecule is CSCC(C)C(=O)Nc1ccccc1/C(C)=N/O. The lowest BCUT2D eigenvalue weighted by atomic mass is 10.1. The van der Waals surface area contributed by atoms with Gasteiger partial charge in [0.15, 0.2) is 0 Å². The highest BCUT2D eigenvalue weighted by Crippen LogP contribution is 2.17. The second-order valence-electron chi connectivity index (χ2n) is 4.08. The Balaban J connectivity index is 2.88. The predicted octanol–water partition coefficient (Wildman–Crippen LogP) is 2.82.